The van der Waals surface area contributed by atoms with Crippen molar-refractivity contribution >= 4 is 0 Å². The summed E-state index contributed by atoms with van der Waals surface area (Å²) in [4.78, 5) is 0. The lowest BCUT2D eigenvalue weighted by Gasteiger charge is -2.07. The van der Waals surface area contributed by atoms with Gasteiger partial charge in [-0.1, -0.05) is 37.8 Å². The quantitative estimate of drug-likeness (QED) is 0.628. The smallest absolute Gasteiger partial charge is 0.108 e. The van der Waals surface area contributed by atoms with Gasteiger partial charge in [0.15, 0.2) is 0 Å². The van der Waals surface area contributed by atoms with E-state index in [4.69, 9.17) is 0 Å². The van der Waals surface area contributed by atoms with Crippen LogP contribution in [0.2, 0.25) is 0 Å². The molecule has 1 nitrogen and oxygen atoms in total. The van der Waals surface area contributed by atoms with E-state index in [0.29, 0.717) is 12.0 Å². The highest BCUT2D eigenvalue weighted by molar-refractivity contribution is 5.26. The molecule has 0 fully saturated rings. The predicted molar refractivity (Wildman–Crippen MR) is 49.7 cm³/mol. The molecule has 12 heavy (non-hydrogen) atoms. The lowest BCUT2D eigenvalue weighted by molar-refractivity contribution is 0.210. The molecule has 1 N–H and O–H groups in total. The van der Waals surface area contributed by atoms with Gasteiger partial charge >= 0.3 is 0 Å². The third-order valence-electron chi connectivity index (χ3n) is 1.48. The van der Waals surface area contributed by atoms with Crippen LogP contribution in [0.4, 0.5) is 4.39 Å². The summed E-state index contributed by atoms with van der Waals surface area (Å²) in [6.45, 7) is 4.87. The van der Waals surface area contributed by atoms with Gasteiger partial charge in [-0.25, -0.2) is 4.39 Å². The minimum absolute atomic E-state index is 0.509. The molecule has 0 amide bonds. The van der Waals surface area contributed by atoms with Gasteiger partial charge < -0.3 is 5.11 Å². The molecule has 0 spiro atoms. The lowest BCUT2D eigenvalue weighted by Crippen LogP contribution is -2.06. The maximum Gasteiger partial charge on any atom is 0.108 e. The highest BCUT2D eigenvalue weighted by Gasteiger charge is 2.02. The van der Waals surface area contributed by atoms with Gasteiger partial charge in [0.25, 0.3) is 0 Å². The molecule has 0 aromatic carbocycles. The second kappa shape index (κ2) is 6.80. The molecule has 0 aliphatic carbocycles. The van der Waals surface area contributed by atoms with Crippen LogP contribution in [-0.2, 0) is 0 Å². The second-order valence-corrected chi connectivity index (χ2v) is 2.38. The predicted octanol–water partition coefficient (Wildman–Crippen LogP) is 2.40. The van der Waals surface area contributed by atoms with Crippen molar-refractivity contribution in [2.24, 2.45) is 0 Å². The third kappa shape index (κ3) is 4.09. The number of alkyl halides is 1. The SMILES string of the molecule is C=C/C=C(\C=C/CF)C(O)CC. The fourth-order valence-electron chi connectivity index (χ4n) is 0.830. The van der Waals surface area contributed by atoms with Crippen LogP contribution in [-0.4, -0.2) is 17.9 Å². The van der Waals surface area contributed by atoms with Gasteiger partial charge in [0.1, 0.15) is 6.67 Å². The molecule has 2 heteroatoms. The molecular formula is C10H15FO. The summed E-state index contributed by atoms with van der Waals surface area (Å²) in [6.07, 6.45) is 6.31. The van der Waals surface area contributed by atoms with Crippen molar-refractivity contribution in [1.29, 1.82) is 0 Å². The van der Waals surface area contributed by atoms with E-state index in [1.165, 1.54) is 6.08 Å². The summed E-state index contributed by atoms with van der Waals surface area (Å²) in [5.74, 6) is 0. The Kier molecular flexibility index (Phi) is 6.29. The van der Waals surface area contributed by atoms with E-state index in [1.807, 2.05) is 6.92 Å². The van der Waals surface area contributed by atoms with Crippen molar-refractivity contribution < 1.29 is 9.50 Å². The molecule has 0 bridgehead atoms. The van der Waals surface area contributed by atoms with E-state index >= 15 is 0 Å². The molecule has 1 atom stereocenters. The van der Waals surface area contributed by atoms with Crippen molar-refractivity contribution in [3.8, 4) is 0 Å². The van der Waals surface area contributed by atoms with E-state index in [1.54, 1.807) is 18.2 Å². The summed E-state index contributed by atoms with van der Waals surface area (Å²) < 4.78 is 11.7. The summed E-state index contributed by atoms with van der Waals surface area (Å²) in [7, 11) is 0. The molecule has 1 unspecified atom stereocenters. The Morgan fingerprint density at radius 1 is 1.67 bits per heavy atom. The molecule has 0 aromatic rings. The number of hydrogen-bond donors (Lipinski definition) is 1. The van der Waals surface area contributed by atoms with E-state index < -0.39 is 12.8 Å². The largest absolute Gasteiger partial charge is 0.388 e. The Hall–Kier alpha value is -0.890. The van der Waals surface area contributed by atoms with Crippen molar-refractivity contribution in [2.75, 3.05) is 6.67 Å². The minimum Gasteiger partial charge on any atom is -0.388 e. The summed E-state index contributed by atoms with van der Waals surface area (Å²) in [5.41, 5.74) is 0.699. The Labute approximate surface area is 72.9 Å². The zero-order valence-corrected chi connectivity index (χ0v) is 7.33. The molecule has 0 saturated carbocycles. The van der Waals surface area contributed by atoms with Gasteiger partial charge in [-0.15, -0.1) is 0 Å². The van der Waals surface area contributed by atoms with Crippen LogP contribution in [0.5, 0.6) is 0 Å². The average Bonchev–Trinajstić information content (AvgIpc) is 2.11. The van der Waals surface area contributed by atoms with E-state index in [-0.39, 0.29) is 0 Å². The number of allylic oxidation sites excluding steroid dienone is 3. The molecule has 0 aliphatic heterocycles. The number of halogens is 1. The zero-order valence-electron chi connectivity index (χ0n) is 7.33. The highest BCUT2D eigenvalue weighted by Crippen LogP contribution is 2.07. The Balaban J connectivity index is 4.33. The van der Waals surface area contributed by atoms with E-state index in [2.05, 4.69) is 6.58 Å². The average molecular weight is 170 g/mol. The van der Waals surface area contributed by atoms with Crippen LogP contribution in [0.25, 0.3) is 0 Å². The molecule has 0 rings (SSSR count). The first kappa shape index (κ1) is 11.1. The Bertz CT molecular complexity index is 182. The lowest BCUT2D eigenvalue weighted by atomic mass is 10.1. The van der Waals surface area contributed by atoms with Crippen LogP contribution < -0.4 is 0 Å². The fourth-order valence-corrected chi connectivity index (χ4v) is 0.830. The van der Waals surface area contributed by atoms with Crippen LogP contribution in [0.1, 0.15) is 13.3 Å². The maximum atomic E-state index is 11.7. The van der Waals surface area contributed by atoms with Gasteiger partial charge in [-0.2, -0.15) is 0 Å². The normalized spacial score (nSPS) is 15.1. The van der Waals surface area contributed by atoms with Gasteiger partial charge in [-0.3, -0.25) is 0 Å². The first-order valence-electron chi connectivity index (χ1n) is 3.99. The Morgan fingerprint density at radius 3 is 2.75 bits per heavy atom. The minimum atomic E-state index is -0.522. The molecule has 0 heterocycles. The standard InChI is InChI=1S/C10H15FO/c1-3-6-9(7-5-8-11)10(12)4-2/h3,5-7,10,12H,1,4,8H2,2H3/b7-5-,9-6+. The van der Waals surface area contributed by atoms with Crippen molar-refractivity contribution in [2.45, 2.75) is 19.4 Å². The fraction of sp³-hybridized carbons (Fsp3) is 0.400. The first-order chi connectivity index (χ1) is 5.76. The zero-order chi connectivity index (χ0) is 9.40. The monoisotopic (exact) mass is 170 g/mol. The summed E-state index contributed by atoms with van der Waals surface area (Å²) in [5, 5.41) is 9.39. The second-order valence-electron chi connectivity index (χ2n) is 2.38. The molecule has 0 aromatic heterocycles. The van der Waals surface area contributed by atoms with E-state index in [0.717, 1.165) is 0 Å². The topological polar surface area (TPSA) is 20.2 Å². The first-order valence-corrected chi connectivity index (χ1v) is 3.99. The number of rotatable bonds is 5. The molecule has 68 valence electrons. The highest BCUT2D eigenvalue weighted by atomic mass is 19.1. The van der Waals surface area contributed by atoms with Crippen LogP contribution in [0.3, 0.4) is 0 Å². The van der Waals surface area contributed by atoms with E-state index in [9.17, 15) is 9.50 Å². The van der Waals surface area contributed by atoms with Crippen molar-refractivity contribution in [3.63, 3.8) is 0 Å². The number of aliphatic hydroxyl groups is 1. The van der Waals surface area contributed by atoms with Gasteiger partial charge in [0.2, 0.25) is 0 Å². The van der Waals surface area contributed by atoms with Crippen molar-refractivity contribution in [1.82, 2.24) is 0 Å². The summed E-state index contributed by atoms with van der Waals surface area (Å²) in [6, 6.07) is 0. The van der Waals surface area contributed by atoms with Crippen molar-refractivity contribution in [3.05, 3.63) is 36.5 Å². The molecule has 0 aliphatic rings. The van der Waals surface area contributed by atoms with Gasteiger partial charge in [0, 0.05) is 0 Å². The van der Waals surface area contributed by atoms with Gasteiger partial charge in [-0.05, 0) is 12.0 Å². The molecule has 0 saturated heterocycles. The van der Waals surface area contributed by atoms with Crippen LogP contribution in [0, 0.1) is 0 Å². The van der Waals surface area contributed by atoms with Crippen LogP contribution >= 0.6 is 0 Å². The van der Waals surface area contributed by atoms with Crippen LogP contribution in [0.15, 0.2) is 36.5 Å². The van der Waals surface area contributed by atoms with Gasteiger partial charge in [0.05, 0.1) is 6.10 Å². The molecular weight excluding hydrogens is 155 g/mol. The number of hydrogen-bond acceptors (Lipinski definition) is 1. The molecule has 0 radical (unpaired) electrons. The Morgan fingerprint density at radius 2 is 2.33 bits per heavy atom. The maximum absolute atomic E-state index is 11.7. The summed E-state index contributed by atoms with van der Waals surface area (Å²) >= 11 is 0. The number of aliphatic hydroxyl groups excluding tert-OH is 1. The third-order valence-corrected chi connectivity index (χ3v) is 1.48.